The van der Waals surface area contributed by atoms with Crippen LogP contribution in [-0.4, -0.2) is 11.8 Å². The fraction of sp³-hybridized carbons (Fsp3) is 0.211. The number of hydrogen-bond donors (Lipinski definition) is 2. The number of hydrogen-bond acceptors (Lipinski definition) is 3. The van der Waals surface area contributed by atoms with E-state index in [1.807, 2.05) is 26.0 Å². The van der Waals surface area contributed by atoms with Crippen molar-refractivity contribution in [3.63, 3.8) is 0 Å². The topological polar surface area (TPSA) is 82.0 Å². The number of carbonyl (C=O) groups excluding carboxylic acids is 2. The summed E-state index contributed by atoms with van der Waals surface area (Å²) in [6.07, 6.45) is 0. The quantitative estimate of drug-likeness (QED) is 0.906. The fourth-order valence-corrected chi connectivity index (χ4v) is 2.30. The molecule has 0 spiro atoms. The number of benzene rings is 2. The lowest BCUT2D eigenvalue weighted by atomic mass is 10.1. The molecule has 5 heteroatoms. The van der Waals surface area contributed by atoms with Crippen LogP contribution in [0.4, 0.5) is 5.69 Å². The molecule has 24 heavy (non-hydrogen) atoms. The molecule has 0 saturated carbocycles. The van der Waals surface area contributed by atoms with Gasteiger partial charge < -0.3 is 10.6 Å². The SMILES string of the molecule is CC(=O)Nc1cc(C(=O)NC(C)c2ccc(C#N)cc2)ccc1C. The molecule has 2 amide bonds. The van der Waals surface area contributed by atoms with E-state index >= 15 is 0 Å². The van der Waals surface area contributed by atoms with Gasteiger partial charge in [-0.1, -0.05) is 18.2 Å². The van der Waals surface area contributed by atoms with Crippen LogP contribution in [0.15, 0.2) is 42.5 Å². The summed E-state index contributed by atoms with van der Waals surface area (Å²) in [4.78, 5) is 23.7. The Morgan fingerprint density at radius 3 is 2.38 bits per heavy atom. The van der Waals surface area contributed by atoms with Crippen molar-refractivity contribution in [3.8, 4) is 6.07 Å². The summed E-state index contributed by atoms with van der Waals surface area (Å²) in [5.41, 5.74) is 3.49. The zero-order valence-corrected chi connectivity index (χ0v) is 13.9. The average molecular weight is 321 g/mol. The van der Waals surface area contributed by atoms with Crippen molar-refractivity contribution < 1.29 is 9.59 Å². The summed E-state index contributed by atoms with van der Waals surface area (Å²) in [6.45, 7) is 5.17. The maximum absolute atomic E-state index is 12.4. The van der Waals surface area contributed by atoms with Gasteiger partial charge >= 0.3 is 0 Å². The van der Waals surface area contributed by atoms with E-state index in [9.17, 15) is 9.59 Å². The second-order valence-corrected chi connectivity index (χ2v) is 5.64. The van der Waals surface area contributed by atoms with Gasteiger partial charge in [0.15, 0.2) is 0 Å². The zero-order valence-electron chi connectivity index (χ0n) is 13.9. The molecule has 1 unspecified atom stereocenters. The number of nitriles is 1. The fourth-order valence-electron chi connectivity index (χ4n) is 2.30. The summed E-state index contributed by atoms with van der Waals surface area (Å²) < 4.78 is 0. The van der Waals surface area contributed by atoms with Gasteiger partial charge in [0, 0.05) is 18.2 Å². The Hall–Kier alpha value is -3.13. The van der Waals surface area contributed by atoms with Gasteiger partial charge in [0.1, 0.15) is 0 Å². The first-order valence-electron chi connectivity index (χ1n) is 7.60. The molecule has 0 aliphatic rings. The van der Waals surface area contributed by atoms with Gasteiger partial charge in [0.2, 0.25) is 5.91 Å². The third-order valence-corrected chi connectivity index (χ3v) is 3.70. The van der Waals surface area contributed by atoms with E-state index in [-0.39, 0.29) is 17.9 Å². The molecule has 2 aromatic rings. The van der Waals surface area contributed by atoms with Crippen molar-refractivity contribution in [1.29, 1.82) is 5.26 Å². The first-order valence-corrected chi connectivity index (χ1v) is 7.60. The van der Waals surface area contributed by atoms with Crippen LogP contribution >= 0.6 is 0 Å². The van der Waals surface area contributed by atoms with Gasteiger partial charge in [-0.15, -0.1) is 0 Å². The van der Waals surface area contributed by atoms with Gasteiger partial charge in [-0.25, -0.2) is 0 Å². The Bertz CT molecular complexity index is 804. The molecule has 0 aliphatic carbocycles. The minimum atomic E-state index is -0.224. The van der Waals surface area contributed by atoms with Gasteiger partial charge in [-0.3, -0.25) is 9.59 Å². The Morgan fingerprint density at radius 1 is 1.12 bits per heavy atom. The van der Waals surface area contributed by atoms with Crippen molar-refractivity contribution in [2.24, 2.45) is 0 Å². The summed E-state index contributed by atoms with van der Waals surface area (Å²) >= 11 is 0. The molecule has 122 valence electrons. The first kappa shape index (κ1) is 17.2. The van der Waals surface area contributed by atoms with Crippen LogP contribution in [0.3, 0.4) is 0 Å². The number of rotatable bonds is 4. The van der Waals surface area contributed by atoms with Crippen molar-refractivity contribution in [3.05, 3.63) is 64.7 Å². The van der Waals surface area contributed by atoms with Crippen LogP contribution in [0.25, 0.3) is 0 Å². The summed E-state index contributed by atoms with van der Waals surface area (Å²) in [7, 11) is 0. The molecule has 2 aromatic carbocycles. The van der Waals surface area contributed by atoms with E-state index in [4.69, 9.17) is 5.26 Å². The molecule has 2 N–H and O–H groups in total. The highest BCUT2D eigenvalue weighted by molar-refractivity contribution is 5.97. The molecule has 2 rings (SSSR count). The number of nitrogens with zero attached hydrogens (tertiary/aromatic N) is 1. The molecule has 0 bridgehead atoms. The third kappa shape index (κ3) is 4.20. The predicted octanol–water partition coefficient (Wildman–Crippen LogP) is 3.32. The molecule has 0 saturated heterocycles. The number of aryl methyl sites for hydroxylation is 1. The Kier molecular flexibility index (Phi) is 5.33. The highest BCUT2D eigenvalue weighted by atomic mass is 16.2. The van der Waals surface area contributed by atoms with Crippen LogP contribution in [0.2, 0.25) is 0 Å². The maximum Gasteiger partial charge on any atom is 0.251 e. The van der Waals surface area contributed by atoms with E-state index in [0.717, 1.165) is 11.1 Å². The molecule has 0 aromatic heterocycles. The zero-order chi connectivity index (χ0) is 17.7. The maximum atomic E-state index is 12.4. The van der Waals surface area contributed by atoms with Crippen molar-refractivity contribution in [2.45, 2.75) is 26.8 Å². The van der Waals surface area contributed by atoms with Crippen LogP contribution in [0, 0.1) is 18.3 Å². The molecule has 0 radical (unpaired) electrons. The predicted molar refractivity (Wildman–Crippen MR) is 92.5 cm³/mol. The highest BCUT2D eigenvalue weighted by Gasteiger charge is 2.13. The summed E-state index contributed by atoms with van der Waals surface area (Å²) in [5, 5.41) is 14.5. The first-order chi connectivity index (χ1) is 11.4. The van der Waals surface area contributed by atoms with Gasteiger partial charge in [0.05, 0.1) is 17.7 Å². The smallest absolute Gasteiger partial charge is 0.251 e. The van der Waals surface area contributed by atoms with E-state index in [2.05, 4.69) is 16.7 Å². The molecule has 1 atom stereocenters. The second-order valence-electron chi connectivity index (χ2n) is 5.64. The molecule has 0 heterocycles. The third-order valence-electron chi connectivity index (χ3n) is 3.70. The van der Waals surface area contributed by atoms with Crippen LogP contribution in [0.5, 0.6) is 0 Å². The molecular formula is C19H19N3O2. The number of carbonyl (C=O) groups is 2. The average Bonchev–Trinajstić information content (AvgIpc) is 2.56. The summed E-state index contributed by atoms with van der Waals surface area (Å²) in [6, 6.07) is 14.1. The van der Waals surface area contributed by atoms with E-state index in [0.29, 0.717) is 16.8 Å². The monoisotopic (exact) mass is 321 g/mol. The largest absolute Gasteiger partial charge is 0.346 e. The molecular weight excluding hydrogens is 302 g/mol. The van der Waals surface area contributed by atoms with Crippen LogP contribution in [0.1, 0.15) is 46.9 Å². The Labute approximate surface area is 141 Å². The number of anilines is 1. The lowest BCUT2D eigenvalue weighted by molar-refractivity contribution is -0.114. The Morgan fingerprint density at radius 2 is 1.79 bits per heavy atom. The van der Waals surface area contributed by atoms with Crippen LogP contribution < -0.4 is 10.6 Å². The molecule has 0 fully saturated rings. The standard InChI is InChI=1S/C19H19N3O2/c1-12-4-7-17(10-18(12)22-14(3)23)19(24)21-13(2)16-8-5-15(11-20)6-9-16/h4-10,13H,1-3H3,(H,21,24)(H,22,23). The van der Waals surface area contributed by atoms with Gasteiger partial charge in [0.25, 0.3) is 5.91 Å². The van der Waals surface area contributed by atoms with E-state index in [1.54, 1.807) is 30.3 Å². The highest BCUT2D eigenvalue weighted by Crippen LogP contribution is 2.19. The lowest BCUT2D eigenvalue weighted by Gasteiger charge is -2.15. The minimum absolute atomic E-state index is 0.179. The van der Waals surface area contributed by atoms with E-state index < -0.39 is 0 Å². The number of nitrogens with one attached hydrogen (secondary N) is 2. The van der Waals surface area contributed by atoms with Gasteiger partial charge in [-0.2, -0.15) is 5.26 Å². The lowest BCUT2D eigenvalue weighted by Crippen LogP contribution is -2.26. The molecule has 5 nitrogen and oxygen atoms in total. The van der Waals surface area contributed by atoms with E-state index in [1.165, 1.54) is 6.92 Å². The van der Waals surface area contributed by atoms with Gasteiger partial charge in [-0.05, 0) is 49.2 Å². The number of amides is 2. The molecule has 0 aliphatic heterocycles. The second kappa shape index (κ2) is 7.42. The Balaban J connectivity index is 2.13. The van der Waals surface area contributed by atoms with Crippen molar-refractivity contribution in [1.82, 2.24) is 5.32 Å². The normalized spacial score (nSPS) is 11.2. The van der Waals surface area contributed by atoms with Crippen LogP contribution in [-0.2, 0) is 4.79 Å². The minimum Gasteiger partial charge on any atom is -0.346 e. The van der Waals surface area contributed by atoms with Crippen molar-refractivity contribution >= 4 is 17.5 Å². The summed E-state index contributed by atoms with van der Waals surface area (Å²) in [5.74, 6) is -0.403. The van der Waals surface area contributed by atoms with Crippen molar-refractivity contribution in [2.75, 3.05) is 5.32 Å².